The highest BCUT2D eigenvalue weighted by molar-refractivity contribution is 5.92. The van der Waals surface area contributed by atoms with Crippen LogP contribution < -0.4 is 0 Å². The number of aromatic amines is 1. The lowest BCUT2D eigenvalue weighted by Gasteiger charge is -2.11. The van der Waals surface area contributed by atoms with Gasteiger partial charge in [0.05, 0.1) is 6.10 Å². The predicted molar refractivity (Wildman–Crippen MR) is 77.4 cm³/mol. The second-order valence-electron chi connectivity index (χ2n) is 5.29. The highest BCUT2D eigenvalue weighted by Gasteiger charge is 2.18. The van der Waals surface area contributed by atoms with Crippen LogP contribution >= 0.6 is 0 Å². The Balaban J connectivity index is 2.88. The molecule has 2 aromatic rings. The van der Waals surface area contributed by atoms with Gasteiger partial charge in [0.2, 0.25) is 0 Å². The number of fused-ring (bicyclic) bond motifs is 1. The third kappa shape index (κ3) is 1.67. The van der Waals surface area contributed by atoms with Crippen molar-refractivity contribution in [3.05, 3.63) is 33.5 Å². The number of aromatic nitrogens is 1. The fraction of sp³-hybridized carbons (Fsp3) is 0.500. The van der Waals surface area contributed by atoms with Crippen molar-refractivity contribution < 1.29 is 4.74 Å². The molecule has 2 heteroatoms. The topological polar surface area (TPSA) is 25.0 Å². The molecule has 1 aromatic heterocycles. The van der Waals surface area contributed by atoms with Gasteiger partial charge < -0.3 is 9.72 Å². The Hall–Kier alpha value is -1.28. The van der Waals surface area contributed by atoms with Gasteiger partial charge in [-0.15, -0.1) is 0 Å². The van der Waals surface area contributed by atoms with Crippen molar-refractivity contribution in [3.63, 3.8) is 0 Å². The van der Waals surface area contributed by atoms with Crippen LogP contribution in [0.25, 0.3) is 10.9 Å². The second-order valence-corrected chi connectivity index (χ2v) is 5.29. The molecular formula is C16H23NO. The fourth-order valence-electron chi connectivity index (χ4n) is 2.82. The van der Waals surface area contributed by atoms with E-state index in [2.05, 4.69) is 46.5 Å². The first-order valence-corrected chi connectivity index (χ1v) is 6.51. The van der Waals surface area contributed by atoms with Crippen LogP contribution in [0.1, 0.15) is 46.5 Å². The molecule has 2 nitrogen and oxygen atoms in total. The van der Waals surface area contributed by atoms with Gasteiger partial charge >= 0.3 is 0 Å². The Kier molecular flexibility index (Phi) is 3.24. The number of rotatable bonds is 2. The summed E-state index contributed by atoms with van der Waals surface area (Å²) in [6, 6.07) is 0. The third-order valence-electron chi connectivity index (χ3n) is 4.49. The molecule has 1 N–H and O–H groups in total. The van der Waals surface area contributed by atoms with Crippen molar-refractivity contribution in [1.29, 1.82) is 0 Å². The molecule has 0 aliphatic carbocycles. The van der Waals surface area contributed by atoms with Crippen molar-refractivity contribution in [2.45, 2.75) is 47.6 Å². The van der Waals surface area contributed by atoms with Gasteiger partial charge in [0.25, 0.3) is 0 Å². The van der Waals surface area contributed by atoms with Crippen LogP contribution in [0.15, 0.2) is 0 Å². The number of ether oxygens (including phenoxy) is 1. The first kappa shape index (κ1) is 13.2. The Morgan fingerprint density at radius 2 is 1.39 bits per heavy atom. The maximum absolute atomic E-state index is 5.46. The van der Waals surface area contributed by atoms with Crippen LogP contribution in [-0.4, -0.2) is 12.1 Å². The summed E-state index contributed by atoms with van der Waals surface area (Å²) in [5.74, 6) is 0. The van der Waals surface area contributed by atoms with Crippen LogP contribution in [0.4, 0.5) is 0 Å². The van der Waals surface area contributed by atoms with Gasteiger partial charge in [-0.2, -0.15) is 0 Å². The zero-order chi connectivity index (χ0) is 13.6. The number of nitrogens with one attached hydrogen (secondary N) is 1. The normalized spacial score (nSPS) is 13.3. The summed E-state index contributed by atoms with van der Waals surface area (Å²) in [4.78, 5) is 3.57. The quantitative estimate of drug-likeness (QED) is 0.832. The molecule has 0 bridgehead atoms. The molecule has 0 saturated heterocycles. The highest BCUT2D eigenvalue weighted by atomic mass is 16.5. The number of hydrogen-bond donors (Lipinski definition) is 1. The van der Waals surface area contributed by atoms with Gasteiger partial charge in [-0.1, -0.05) is 0 Å². The largest absolute Gasteiger partial charge is 0.376 e. The van der Waals surface area contributed by atoms with Crippen molar-refractivity contribution in [2.24, 2.45) is 0 Å². The first-order valence-electron chi connectivity index (χ1n) is 6.51. The van der Waals surface area contributed by atoms with Crippen molar-refractivity contribution in [2.75, 3.05) is 7.11 Å². The summed E-state index contributed by atoms with van der Waals surface area (Å²) in [5.41, 5.74) is 9.32. The summed E-state index contributed by atoms with van der Waals surface area (Å²) in [7, 11) is 1.76. The maximum Gasteiger partial charge on any atom is 0.0943 e. The molecule has 0 saturated carbocycles. The van der Waals surface area contributed by atoms with E-state index in [1.807, 2.05) is 0 Å². The van der Waals surface area contributed by atoms with Crippen LogP contribution in [-0.2, 0) is 4.74 Å². The summed E-state index contributed by atoms with van der Waals surface area (Å²) < 4.78 is 5.46. The number of H-pyrrole nitrogens is 1. The molecule has 98 valence electrons. The average molecular weight is 245 g/mol. The van der Waals surface area contributed by atoms with Crippen LogP contribution in [0, 0.1) is 34.6 Å². The van der Waals surface area contributed by atoms with Gasteiger partial charge in [-0.05, 0) is 69.4 Å². The van der Waals surface area contributed by atoms with E-state index in [4.69, 9.17) is 4.74 Å². The van der Waals surface area contributed by atoms with E-state index in [0.717, 1.165) is 0 Å². The minimum absolute atomic E-state index is 0.108. The molecule has 0 aliphatic heterocycles. The monoisotopic (exact) mass is 245 g/mol. The summed E-state index contributed by atoms with van der Waals surface area (Å²) >= 11 is 0. The standard InChI is InChI=1S/C16H23NO/c1-8-9(2)11(4)16-14(10(8)3)12(5)15(17-16)13(6)18-7/h13,17H,1-7H3. The maximum atomic E-state index is 5.46. The number of hydrogen-bond acceptors (Lipinski definition) is 1. The minimum atomic E-state index is 0.108. The first-order chi connectivity index (χ1) is 8.40. The molecule has 0 amide bonds. The van der Waals surface area contributed by atoms with E-state index >= 15 is 0 Å². The summed E-state index contributed by atoms with van der Waals surface area (Å²) in [6.07, 6.45) is 0.108. The molecule has 2 rings (SSSR count). The highest BCUT2D eigenvalue weighted by Crippen LogP contribution is 2.34. The van der Waals surface area contributed by atoms with Crippen LogP contribution in [0.3, 0.4) is 0 Å². The Morgan fingerprint density at radius 1 is 0.833 bits per heavy atom. The van der Waals surface area contributed by atoms with Crippen LogP contribution in [0.5, 0.6) is 0 Å². The van der Waals surface area contributed by atoms with E-state index < -0.39 is 0 Å². The molecule has 0 aliphatic rings. The van der Waals surface area contributed by atoms with E-state index in [-0.39, 0.29) is 6.10 Å². The zero-order valence-corrected chi connectivity index (χ0v) is 12.5. The molecule has 0 fully saturated rings. The zero-order valence-electron chi connectivity index (χ0n) is 12.5. The SMILES string of the molecule is COC(C)c1[nH]c2c(C)c(C)c(C)c(C)c2c1C. The van der Waals surface area contributed by atoms with Crippen LogP contribution in [0.2, 0.25) is 0 Å². The van der Waals surface area contributed by atoms with Gasteiger partial charge in [-0.25, -0.2) is 0 Å². The van der Waals surface area contributed by atoms with Crippen molar-refractivity contribution in [1.82, 2.24) is 4.98 Å². The second kappa shape index (κ2) is 4.43. The average Bonchev–Trinajstić information content (AvgIpc) is 2.71. The Labute approximate surface area is 109 Å². The molecule has 0 radical (unpaired) electrons. The van der Waals surface area contributed by atoms with E-state index in [1.165, 1.54) is 44.4 Å². The molecule has 1 heterocycles. The molecule has 1 unspecified atom stereocenters. The van der Waals surface area contributed by atoms with Gasteiger partial charge in [-0.3, -0.25) is 0 Å². The lowest BCUT2D eigenvalue weighted by molar-refractivity contribution is 0.116. The number of aryl methyl sites for hydroxylation is 3. The van der Waals surface area contributed by atoms with Crippen molar-refractivity contribution >= 4 is 10.9 Å². The fourth-order valence-corrected chi connectivity index (χ4v) is 2.82. The number of benzene rings is 1. The Morgan fingerprint density at radius 3 is 1.94 bits per heavy atom. The molecular weight excluding hydrogens is 222 g/mol. The number of methoxy groups -OCH3 is 1. The minimum Gasteiger partial charge on any atom is -0.376 e. The van der Waals surface area contributed by atoms with Gasteiger partial charge in [0.1, 0.15) is 0 Å². The molecule has 0 spiro atoms. The smallest absolute Gasteiger partial charge is 0.0943 e. The molecule has 18 heavy (non-hydrogen) atoms. The van der Waals surface area contributed by atoms with Crippen molar-refractivity contribution in [3.8, 4) is 0 Å². The van der Waals surface area contributed by atoms with E-state index in [1.54, 1.807) is 7.11 Å². The lowest BCUT2D eigenvalue weighted by Crippen LogP contribution is -1.97. The molecule has 1 atom stereocenters. The lowest BCUT2D eigenvalue weighted by atomic mass is 9.94. The predicted octanol–water partition coefficient (Wildman–Crippen LogP) is 4.42. The van der Waals surface area contributed by atoms with E-state index in [9.17, 15) is 0 Å². The van der Waals surface area contributed by atoms with Gasteiger partial charge in [0, 0.05) is 23.7 Å². The molecule has 1 aromatic carbocycles. The van der Waals surface area contributed by atoms with Gasteiger partial charge in [0.15, 0.2) is 0 Å². The summed E-state index contributed by atoms with van der Waals surface area (Å²) in [5, 5.41) is 1.37. The third-order valence-corrected chi connectivity index (χ3v) is 4.49. The Bertz CT molecular complexity index is 608. The van der Waals surface area contributed by atoms with E-state index in [0.29, 0.717) is 0 Å². The summed E-state index contributed by atoms with van der Waals surface area (Å²) in [6.45, 7) is 13.1.